The molecule has 0 saturated carbocycles. The first kappa shape index (κ1) is 17.8. The van der Waals surface area contributed by atoms with Gasteiger partial charge in [0.2, 0.25) is 5.91 Å². The van der Waals surface area contributed by atoms with Crippen LogP contribution in [0, 0.1) is 0 Å². The van der Waals surface area contributed by atoms with Crippen LogP contribution < -0.4 is 14.2 Å². The number of carbonyl (C=O) groups excluding carboxylic acids is 1. The van der Waals surface area contributed by atoms with Crippen molar-refractivity contribution in [2.45, 2.75) is 11.8 Å². The molecule has 1 amide bonds. The Bertz CT molecular complexity index is 1060. The minimum Gasteiger partial charge on any atom is -0.497 e. The summed E-state index contributed by atoms with van der Waals surface area (Å²) in [4.78, 5) is 11.1. The highest BCUT2D eigenvalue weighted by Crippen LogP contribution is 2.26. The minimum absolute atomic E-state index is 0.0566. The molecule has 3 aromatic carbocycles. The average Bonchev–Trinajstić information content (AvgIpc) is 2.61. The molecular weight excluding hydrogens is 354 g/mol. The van der Waals surface area contributed by atoms with Crippen molar-refractivity contribution in [2.75, 3.05) is 12.4 Å². The molecule has 0 unspecified atom stereocenters. The van der Waals surface area contributed by atoms with E-state index in [2.05, 4.69) is 5.32 Å². The lowest BCUT2D eigenvalue weighted by Gasteiger charge is -2.09. The standard InChI is InChI=1S/C19H17NO5S/c1-13(21)20-16-5-8-17(9-6-16)25-26(22,23)19-10-4-14-11-18(24-2)7-3-15(14)12-19/h3-12H,1-2H3,(H,20,21). The summed E-state index contributed by atoms with van der Waals surface area (Å²) in [6, 6.07) is 16.2. The van der Waals surface area contributed by atoms with Crippen molar-refractivity contribution in [3.63, 3.8) is 0 Å². The van der Waals surface area contributed by atoms with E-state index in [-0.39, 0.29) is 16.6 Å². The fraction of sp³-hybridized carbons (Fsp3) is 0.105. The van der Waals surface area contributed by atoms with Crippen molar-refractivity contribution >= 4 is 32.5 Å². The van der Waals surface area contributed by atoms with E-state index in [9.17, 15) is 13.2 Å². The number of carbonyl (C=O) groups is 1. The van der Waals surface area contributed by atoms with Gasteiger partial charge in [0.1, 0.15) is 16.4 Å². The number of benzene rings is 3. The molecule has 134 valence electrons. The van der Waals surface area contributed by atoms with Gasteiger partial charge in [-0.3, -0.25) is 4.79 Å². The monoisotopic (exact) mass is 371 g/mol. The van der Waals surface area contributed by atoms with Crippen LogP contribution in [0.25, 0.3) is 10.8 Å². The first-order chi connectivity index (χ1) is 12.4. The van der Waals surface area contributed by atoms with Gasteiger partial charge < -0.3 is 14.2 Å². The van der Waals surface area contributed by atoms with Crippen molar-refractivity contribution < 1.29 is 22.1 Å². The van der Waals surface area contributed by atoms with Crippen molar-refractivity contribution in [1.29, 1.82) is 0 Å². The second-order valence-electron chi connectivity index (χ2n) is 5.62. The molecule has 1 N–H and O–H groups in total. The van der Waals surface area contributed by atoms with Gasteiger partial charge in [-0.1, -0.05) is 12.1 Å². The third kappa shape index (κ3) is 3.94. The van der Waals surface area contributed by atoms with Gasteiger partial charge in [-0.15, -0.1) is 0 Å². The molecule has 0 spiro atoms. The number of ether oxygens (including phenoxy) is 1. The minimum atomic E-state index is -3.97. The van der Waals surface area contributed by atoms with E-state index in [1.54, 1.807) is 43.5 Å². The van der Waals surface area contributed by atoms with Gasteiger partial charge in [0.25, 0.3) is 0 Å². The normalized spacial score (nSPS) is 11.2. The lowest BCUT2D eigenvalue weighted by molar-refractivity contribution is -0.114. The topological polar surface area (TPSA) is 81.7 Å². The predicted octanol–water partition coefficient (Wildman–Crippen LogP) is 3.57. The zero-order chi connectivity index (χ0) is 18.7. The van der Waals surface area contributed by atoms with Crippen LogP contribution in [0.2, 0.25) is 0 Å². The molecule has 26 heavy (non-hydrogen) atoms. The van der Waals surface area contributed by atoms with Crippen molar-refractivity contribution in [1.82, 2.24) is 0 Å². The SMILES string of the molecule is COc1ccc2cc(S(=O)(=O)Oc3ccc(NC(C)=O)cc3)ccc2c1. The van der Waals surface area contributed by atoms with E-state index >= 15 is 0 Å². The smallest absolute Gasteiger partial charge is 0.339 e. The fourth-order valence-electron chi connectivity index (χ4n) is 2.46. The number of amides is 1. The van der Waals surface area contributed by atoms with Gasteiger partial charge in [0.15, 0.2) is 0 Å². The lowest BCUT2D eigenvalue weighted by Crippen LogP contribution is -2.10. The van der Waals surface area contributed by atoms with E-state index in [0.29, 0.717) is 11.4 Å². The quantitative estimate of drug-likeness (QED) is 0.694. The fourth-order valence-corrected chi connectivity index (χ4v) is 3.42. The van der Waals surface area contributed by atoms with E-state index < -0.39 is 10.1 Å². The summed E-state index contributed by atoms with van der Waals surface area (Å²) < 4.78 is 35.4. The highest BCUT2D eigenvalue weighted by molar-refractivity contribution is 7.87. The maximum atomic E-state index is 12.5. The van der Waals surface area contributed by atoms with Gasteiger partial charge in [0, 0.05) is 12.6 Å². The summed E-state index contributed by atoms with van der Waals surface area (Å²) in [6.45, 7) is 1.39. The second kappa shape index (κ2) is 7.05. The Labute approximate surface area is 151 Å². The lowest BCUT2D eigenvalue weighted by atomic mass is 10.1. The largest absolute Gasteiger partial charge is 0.497 e. The third-order valence-corrected chi connectivity index (χ3v) is 4.93. The molecule has 0 aromatic heterocycles. The Kier molecular flexibility index (Phi) is 4.81. The van der Waals surface area contributed by atoms with Crippen LogP contribution in [0.15, 0.2) is 65.6 Å². The zero-order valence-electron chi connectivity index (χ0n) is 14.2. The summed E-state index contributed by atoms with van der Waals surface area (Å²) in [5, 5.41) is 4.23. The maximum Gasteiger partial charge on any atom is 0.339 e. The molecule has 0 aliphatic rings. The van der Waals surface area contributed by atoms with E-state index in [1.807, 2.05) is 6.07 Å². The number of hydrogen-bond donors (Lipinski definition) is 1. The number of rotatable bonds is 5. The van der Waals surface area contributed by atoms with Crippen LogP contribution in [0.5, 0.6) is 11.5 Å². The van der Waals surface area contributed by atoms with Crippen LogP contribution in [0.1, 0.15) is 6.92 Å². The Balaban J connectivity index is 1.85. The highest BCUT2D eigenvalue weighted by Gasteiger charge is 2.17. The van der Waals surface area contributed by atoms with Gasteiger partial charge >= 0.3 is 10.1 Å². The number of anilines is 1. The third-order valence-electron chi connectivity index (χ3n) is 3.69. The summed E-state index contributed by atoms with van der Waals surface area (Å²) in [7, 11) is -2.40. The van der Waals surface area contributed by atoms with Gasteiger partial charge in [-0.05, 0) is 59.3 Å². The molecule has 3 aromatic rings. The van der Waals surface area contributed by atoms with Crippen LogP contribution in [-0.4, -0.2) is 21.4 Å². The molecule has 3 rings (SSSR count). The van der Waals surface area contributed by atoms with E-state index in [1.165, 1.54) is 25.1 Å². The van der Waals surface area contributed by atoms with Crippen molar-refractivity contribution in [3.8, 4) is 11.5 Å². The molecule has 0 saturated heterocycles. The Morgan fingerprint density at radius 3 is 2.15 bits per heavy atom. The van der Waals surface area contributed by atoms with Crippen molar-refractivity contribution in [3.05, 3.63) is 60.7 Å². The first-order valence-corrected chi connectivity index (χ1v) is 9.18. The van der Waals surface area contributed by atoms with Crippen LogP contribution in [-0.2, 0) is 14.9 Å². The molecule has 0 fully saturated rings. The molecule has 0 aliphatic heterocycles. The summed E-state index contributed by atoms with van der Waals surface area (Å²) in [5.41, 5.74) is 0.557. The molecule has 7 heteroatoms. The molecule has 6 nitrogen and oxygen atoms in total. The second-order valence-corrected chi connectivity index (χ2v) is 7.16. The summed E-state index contributed by atoms with van der Waals surface area (Å²) in [5.74, 6) is 0.650. The molecule has 0 atom stereocenters. The number of nitrogens with one attached hydrogen (secondary N) is 1. The van der Waals surface area contributed by atoms with E-state index in [0.717, 1.165) is 10.8 Å². The summed E-state index contributed by atoms with van der Waals surface area (Å²) in [6.07, 6.45) is 0. The van der Waals surface area contributed by atoms with Gasteiger partial charge in [-0.25, -0.2) is 0 Å². The van der Waals surface area contributed by atoms with Gasteiger partial charge in [-0.2, -0.15) is 8.42 Å². The Hall–Kier alpha value is -3.06. The molecule has 0 aliphatic carbocycles. The maximum absolute atomic E-state index is 12.5. The Morgan fingerprint density at radius 2 is 1.50 bits per heavy atom. The van der Waals surface area contributed by atoms with E-state index in [4.69, 9.17) is 8.92 Å². The van der Waals surface area contributed by atoms with Crippen LogP contribution in [0.4, 0.5) is 5.69 Å². The molecule has 0 radical (unpaired) electrons. The molecule has 0 heterocycles. The first-order valence-electron chi connectivity index (χ1n) is 7.77. The molecular formula is C19H17NO5S. The van der Waals surface area contributed by atoms with Crippen LogP contribution in [0.3, 0.4) is 0 Å². The van der Waals surface area contributed by atoms with Crippen molar-refractivity contribution in [2.24, 2.45) is 0 Å². The zero-order valence-corrected chi connectivity index (χ0v) is 15.0. The average molecular weight is 371 g/mol. The number of hydrogen-bond acceptors (Lipinski definition) is 5. The summed E-state index contributed by atoms with van der Waals surface area (Å²) >= 11 is 0. The number of methoxy groups -OCH3 is 1. The number of fused-ring (bicyclic) bond motifs is 1. The predicted molar refractivity (Wildman–Crippen MR) is 99.1 cm³/mol. The van der Waals surface area contributed by atoms with Gasteiger partial charge in [0.05, 0.1) is 7.11 Å². The Morgan fingerprint density at radius 1 is 0.885 bits per heavy atom. The van der Waals surface area contributed by atoms with Crippen LogP contribution >= 0.6 is 0 Å². The molecule has 0 bridgehead atoms. The highest BCUT2D eigenvalue weighted by atomic mass is 32.2.